The van der Waals surface area contributed by atoms with E-state index in [-0.39, 0.29) is 24.6 Å². The molecule has 1 aliphatic rings. The van der Waals surface area contributed by atoms with Gasteiger partial charge in [-0.25, -0.2) is 9.97 Å². The van der Waals surface area contributed by atoms with Gasteiger partial charge in [-0.15, -0.1) is 0 Å². The van der Waals surface area contributed by atoms with Gasteiger partial charge in [0.25, 0.3) is 5.91 Å². The van der Waals surface area contributed by atoms with Gasteiger partial charge in [0.1, 0.15) is 17.7 Å². The fourth-order valence-electron chi connectivity index (χ4n) is 3.69. The second kappa shape index (κ2) is 6.36. The summed E-state index contributed by atoms with van der Waals surface area (Å²) >= 11 is 0. The van der Waals surface area contributed by atoms with Crippen molar-refractivity contribution >= 4 is 16.8 Å². The Morgan fingerprint density at radius 1 is 1.22 bits per heavy atom. The summed E-state index contributed by atoms with van der Waals surface area (Å²) in [5.74, 6) is -1.53. The quantitative estimate of drug-likeness (QED) is 0.758. The topological polar surface area (TPSA) is 91.6 Å². The van der Waals surface area contributed by atoms with E-state index in [1.54, 1.807) is 40.2 Å². The Bertz CT molecular complexity index is 971. The van der Waals surface area contributed by atoms with E-state index >= 15 is 0 Å². The highest BCUT2D eigenvalue weighted by Gasteiger charge is 2.42. The van der Waals surface area contributed by atoms with Crippen LogP contribution in [0.3, 0.4) is 0 Å². The number of alkyl halides is 3. The van der Waals surface area contributed by atoms with Crippen molar-refractivity contribution < 1.29 is 18.0 Å². The van der Waals surface area contributed by atoms with Gasteiger partial charge >= 0.3 is 6.18 Å². The highest BCUT2D eigenvalue weighted by molar-refractivity contribution is 6.03. The summed E-state index contributed by atoms with van der Waals surface area (Å²) in [6, 6.07) is 1.52. The zero-order chi connectivity index (χ0) is 19.2. The molecule has 142 valence electrons. The zero-order valence-corrected chi connectivity index (χ0v) is 14.2. The molecule has 1 aliphatic carbocycles. The Kier molecular flexibility index (Phi) is 4.12. The minimum atomic E-state index is -4.17. The minimum Gasteiger partial charge on any atom is -0.364 e. The van der Waals surface area contributed by atoms with Gasteiger partial charge in [-0.05, 0) is 31.7 Å². The molecule has 0 aliphatic heterocycles. The molecule has 2 N–H and O–H groups in total. The van der Waals surface area contributed by atoms with Crippen LogP contribution in [-0.4, -0.2) is 36.4 Å². The summed E-state index contributed by atoms with van der Waals surface area (Å²) < 4.78 is 42.0. The van der Waals surface area contributed by atoms with Gasteiger partial charge in [-0.1, -0.05) is 0 Å². The predicted octanol–water partition coefficient (Wildman–Crippen LogP) is 3.01. The molecule has 7 nitrogen and oxygen atoms in total. The number of carbonyl (C=O) groups excluding carboxylic acids is 1. The maximum atomic E-state index is 12.9. The first-order valence-electron chi connectivity index (χ1n) is 8.57. The summed E-state index contributed by atoms with van der Waals surface area (Å²) in [4.78, 5) is 20.3. The maximum Gasteiger partial charge on any atom is 0.391 e. The van der Waals surface area contributed by atoms with E-state index in [2.05, 4.69) is 15.1 Å². The van der Waals surface area contributed by atoms with Crippen LogP contribution in [0.2, 0.25) is 0 Å². The fraction of sp³-hybridized carbons (Fsp3) is 0.412. The van der Waals surface area contributed by atoms with Gasteiger partial charge < -0.3 is 5.73 Å². The first-order chi connectivity index (χ1) is 12.8. The lowest BCUT2D eigenvalue weighted by Gasteiger charge is -2.30. The van der Waals surface area contributed by atoms with Crippen LogP contribution in [-0.2, 0) is 0 Å². The van der Waals surface area contributed by atoms with E-state index in [0.29, 0.717) is 29.6 Å². The maximum absolute atomic E-state index is 12.9. The van der Waals surface area contributed by atoms with E-state index in [0.717, 1.165) is 0 Å². The highest BCUT2D eigenvalue weighted by Crippen LogP contribution is 2.41. The molecule has 1 fully saturated rings. The summed E-state index contributed by atoms with van der Waals surface area (Å²) in [5, 5.41) is 4.99. The number of aromatic nitrogens is 5. The summed E-state index contributed by atoms with van der Waals surface area (Å²) in [6.45, 7) is 0. The number of fused-ring (bicyclic) bond motifs is 1. The number of halogens is 3. The lowest BCUT2D eigenvalue weighted by molar-refractivity contribution is -0.183. The Hall–Kier alpha value is -2.91. The van der Waals surface area contributed by atoms with Crippen molar-refractivity contribution in [3.8, 4) is 5.82 Å². The molecule has 27 heavy (non-hydrogen) atoms. The normalized spacial score (nSPS) is 20.9. The van der Waals surface area contributed by atoms with Crippen molar-refractivity contribution in [2.75, 3.05) is 0 Å². The molecular weight excluding hydrogens is 361 g/mol. The van der Waals surface area contributed by atoms with Crippen LogP contribution in [0.4, 0.5) is 13.2 Å². The monoisotopic (exact) mass is 378 g/mol. The van der Waals surface area contributed by atoms with Gasteiger partial charge in [-0.2, -0.15) is 18.3 Å². The van der Waals surface area contributed by atoms with Crippen LogP contribution >= 0.6 is 0 Å². The molecule has 4 rings (SSSR count). The third-order valence-corrected chi connectivity index (χ3v) is 5.07. The molecule has 3 aromatic heterocycles. The van der Waals surface area contributed by atoms with Crippen LogP contribution in [0.1, 0.15) is 42.2 Å². The second-order valence-corrected chi connectivity index (χ2v) is 6.74. The van der Waals surface area contributed by atoms with E-state index in [1.165, 1.54) is 0 Å². The average molecular weight is 378 g/mol. The molecular formula is C17H17F3N6O. The third kappa shape index (κ3) is 3.15. The first-order valence-corrected chi connectivity index (χ1v) is 8.57. The summed E-state index contributed by atoms with van der Waals surface area (Å²) in [5.41, 5.74) is 6.03. The zero-order valence-electron chi connectivity index (χ0n) is 14.2. The largest absolute Gasteiger partial charge is 0.391 e. The van der Waals surface area contributed by atoms with Gasteiger partial charge in [0.2, 0.25) is 0 Å². The predicted molar refractivity (Wildman–Crippen MR) is 90.2 cm³/mol. The number of rotatable bonds is 3. The van der Waals surface area contributed by atoms with Crippen molar-refractivity contribution in [1.29, 1.82) is 0 Å². The molecule has 0 atom stereocenters. The fourth-order valence-corrected chi connectivity index (χ4v) is 3.69. The Balaban J connectivity index is 1.72. The van der Waals surface area contributed by atoms with Crippen molar-refractivity contribution in [1.82, 2.24) is 24.3 Å². The second-order valence-electron chi connectivity index (χ2n) is 6.74. The number of carbonyl (C=O) groups is 1. The number of amides is 1. The Morgan fingerprint density at radius 2 is 1.96 bits per heavy atom. The first kappa shape index (κ1) is 17.5. The molecule has 3 heterocycles. The van der Waals surface area contributed by atoms with Gasteiger partial charge in [0.15, 0.2) is 5.69 Å². The van der Waals surface area contributed by atoms with Crippen molar-refractivity contribution in [2.45, 2.75) is 37.9 Å². The number of imidazole rings is 1. The molecule has 0 bridgehead atoms. The lowest BCUT2D eigenvalue weighted by atomic mass is 9.85. The number of nitrogens with zero attached hydrogens (tertiary/aromatic N) is 5. The molecule has 0 aromatic carbocycles. The van der Waals surface area contributed by atoms with Crippen molar-refractivity contribution in [3.05, 3.63) is 36.7 Å². The third-order valence-electron chi connectivity index (χ3n) is 5.07. The Labute approximate surface area is 152 Å². The van der Waals surface area contributed by atoms with Crippen LogP contribution in [0, 0.1) is 5.92 Å². The molecule has 1 saturated carbocycles. The number of primary amides is 1. The smallest absolute Gasteiger partial charge is 0.364 e. The molecule has 0 saturated heterocycles. The van der Waals surface area contributed by atoms with Gasteiger partial charge in [0.05, 0.1) is 18.2 Å². The number of nitrogens with two attached hydrogens (primary N) is 1. The van der Waals surface area contributed by atoms with Crippen LogP contribution in [0.5, 0.6) is 0 Å². The van der Waals surface area contributed by atoms with Crippen molar-refractivity contribution in [2.24, 2.45) is 11.7 Å². The van der Waals surface area contributed by atoms with Crippen LogP contribution in [0.25, 0.3) is 16.7 Å². The van der Waals surface area contributed by atoms with E-state index in [9.17, 15) is 18.0 Å². The summed E-state index contributed by atoms with van der Waals surface area (Å²) in [6.07, 6.45) is 2.98. The van der Waals surface area contributed by atoms with Gasteiger partial charge in [-0.3, -0.25) is 14.0 Å². The lowest BCUT2D eigenvalue weighted by Crippen LogP contribution is -2.29. The SMILES string of the molecule is NC(=O)c1nc(-n2ccnc2)cc2cnn(C3CCC(C(F)(F)F)CC3)c12. The van der Waals surface area contributed by atoms with E-state index in [4.69, 9.17) is 5.73 Å². The molecule has 0 radical (unpaired) electrons. The molecule has 1 amide bonds. The standard InChI is InChI=1S/C17H17F3N6O/c18-17(19,20)11-1-3-12(4-2-11)26-15-10(8-23-26)7-13(24-14(15)16(21)27)25-6-5-22-9-25/h5-9,11-12H,1-4H2,(H2,21,27). The number of hydrogen-bond acceptors (Lipinski definition) is 4. The van der Waals surface area contributed by atoms with Gasteiger partial charge in [0, 0.05) is 17.8 Å². The van der Waals surface area contributed by atoms with Crippen molar-refractivity contribution in [3.63, 3.8) is 0 Å². The van der Waals surface area contributed by atoms with E-state index in [1.807, 2.05) is 0 Å². The van der Waals surface area contributed by atoms with Crippen LogP contribution < -0.4 is 5.73 Å². The molecule has 0 spiro atoms. The minimum absolute atomic E-state index is 0.0436. The average Bonchev–Trinajstić information content (AvgIpc) is 3.30. The highest BCUT2D eigenvalue weighted by atomic mass is 19.4. The van der Waals surface area contributed by atoms with Crippen LogP contribution in [0.15, 0.2) is 31.0 Å². The Morgan fingerprint density at radius 3 is 2.56 bits per heavy atom. The van der Waals surface area contributed by atoms with E-state index < -0.39 is 18.0 Å². The number of hydrogen-bond donors (Lipinski definition) is 1. The molecule has 0 unspecified atom stereocenters. The summed E-state index contributed by atoms with van der Waals surface area (Å²) in [7, 11) is 0. The molecule has 10 heteroatoms. The number of pyridine rings is 1. The molecule has 3 aromatic rings.